The van der Waals surface area contributed by atoms with E-state index in [4.69, 9.17) is 0 Å². The van der Waals surface area contributed by atoms with Crippen LogP contribution < -0.4 is 0 Å². The standard InChI is InChI=1S/C11H11NO/c13-10-6-5-8-7-3-1-2-4-9(7)12-11(8)10/h1-4,10,12-13H,5-6H2. The van der Waals surface area contributed by atoms with Gasteiger partial charge in [0, 0.05) is 16.6 Å². The van der Waals surface area contributed by atoms with Gasteiger partial charge in [-0.15, -0.1) is 0 Å². The molecular weight excluding hydrogens is 162 g/mol. The second-order valence-corrected chi connectivity index (χ2v) is 3.62. The van der Waals surface area contributed by atoms with Crippen LogP contribution in [0.5, 0.6) is 0 Å². The molecule has 0 amide bonds. The van der Waals surface area contributed by atoms with Crippen molar-refractivity contribution >= 4 is 10.9 Å². The minimum absolute atomic E-state index is 0.276. The monoisotopic (exact) mass is 173 g/mol. The summed E-state index contributed by atoms with van der Waals surface area (Å²) in [5.74, 6) is 0. The molecule has 2 aromatic rings. The summed E-state index contributed by atoms with van der Waals surface area (Å²) >= 11 is 0. The molecule has 1 heterocycles. The zero-order chi connectivity index (χ0) is 8.84. The van der Waals surface area contributed by atoms with Crippen molar-refractivity contribution < 1.29 is 5.11 Å². The Bertz CT molecular complexity index is 458. The van der Waals surface area contributed by atoms with Gasteiger partial charge in [-0.1, -0.05) is 18.2 Å². The summed E-state index contributed by atoms with van der Waals surface area (Å²) in [5.41, 5.74) is 3.48. The quantitative estimate of drug-likeness (QED) is 0.629. The Morgan fingerprint density at radius 2 is 2.15 bits per heavy atom. The fraction of sp³-hybridized carbons (Fsp3) is 0.273. The molecule has 0 fully saturated rings. The molecule has 1 unspecified atom stereocenters. The number of H-pyrrole nitrogens is 1. The number of hydrogen-bond acceptors (Lipinski definition) is 1. The van der Waals surface area contributed by atoms with Crippen molar-refractivity contribution in [2.45, 2.75) is 18.9 Å². The third kappa shape index (κ3) is 0.864. The first-order valence-electron chi connectivity index (χ1n) is 4.64. The molecule has 0 spiro atoms. The minimum Gasteiger partial charge on any atom is -0.387 e. The van der Waals surface area contributed by atoms with Crippen LogP contribution >= 0.6 is 0 Å². The Morgan fingerprint density at radius 3 is 3.08 bits per heavy atom. The maximum atomic E-state index is 9.65. The van der Waals surface area contributed by atoms with E-state index in [2.05, 4.69) is 17.1 Å². The Labute approximate surface area is 76.2 Å². The van der Waals surface area contributed by atoms with E-state index < -0.39 is 0 Å². The summed E-state index contributed by atoms with van der Waals surface area (Å²) in [7, 11) is 0. The third-order valence-corrected chi connectivity index (χ3v) is 2.85. The second kappa shape index (κ2) is 2.36. The summed E-state index contributed by atoms with van der Waals surface area (Å²) in [6.45, 7) is 0. The highest BCUT2D eigenvalue weighted by Gasteiger charge is 2.23. The summed E-state index contributed by atoms with van der Waals surface area (Å²) in [6, 6.07) is 8.23. The first-order chi connectivity index (χ1) is 6.36. The summed E-state index contributed by atoms with van der Waals surface area (Å²) < 4.78 is 0. The normalized spacial score (nSPS) is 20.8. The van der Waals surface area contributed by atoms with E-state index in [1.165, 1.54) is 10.9 Å². The van der Waals surface area contributed by atoms with Crippen LogP contribution in [0.1, 0.15) is 23.8 Å². The van der Waals surface area contributed by atoms with Gasteiger partial charge in [-0.3, -0.25) is 0 Å². The predicted octanol–water partition coefficient (Wildman–Crippen LogP) is 2.15. The average Bonchev–Trinajstić information content (AvgIpc) is 2.67. The number of hydrogen-bond donors (Lipinski definition) is 2. The molecule has 0 saturated carbocycles. The largest absolute Gasteiger partial charge is 0.387 e. The SMILES string of the molecule is OC1CCc2c1[nH]c1ccccc21. The molecule has 1 aliphatic carbocycles. The van der Waals surface area contributed by atoms with Crippen molar-refractivity contribution in [3.8, 4) is 0 Å². The Balaban J connectivity index is 2.38. The molecule has 66 valence electrons. The molecule has 2 nitrogen and oxygen atoms in total. The molecule has 0 saturated heterocycles. The highest BCUT2D eigenvalue weighted by Crippen LogP contribution is 2.35. The van der Waals surface area contributed by atoms with Crippen LogP contribution in [0.3, 0.4) is 0 Å². The highest BCUT2D eigenvalue weighted by molar-refractivity contribution is 5.85. The molecule has 2 heteroatoms. The van der Waals surface area contributed by atoms with Crippen LogP contribution in [-0.2, 0) is 6.42 Å². The minimum atomic E-state index is -0.276. The lowest BCUT2D eigenvalue weighted by molar-refractivity contribution is 0.176. The average molecular weight is 173 g/mol. The van der Waals surface area contributed by atoms with Gasteiger partial charge in [0.05, 0.1) is 6.10 Å². The first kappa shape index (κ1) is 7.15. The Hall–Kier alpha value is -1.28. The zero-order valence-corrected chi connectivity index (χ0v) is 7.25. The molecule has 1 atom stereocenters. The van der Waals surface area contributed by atoms with E-state index >= 15 is 0 Å². The van der Waals surface area contributed by atoms with Gasteiger partial charge in [0.25, 0.3) is 0 Å². The van der Waals surface area contributed by atoms with Gasteiger partial charge < -0.3 is 10.1 Å². The zero-order valence-electron chi connectivity index (χ0n) is 7.25. The predicted molar refractivity (Wildman–Crippen MR) is 51.6 cm³/mol. The van der Waals surface area contributed by atoms with E-state index in [0.717, 1.165) is 24.1 Å². The van der Waals surface area contributed by atoms with Crippen LogP contribution in [0.4, 0.5) is 0 Å². The van der Waals surface area contributed by atoms with Crippen LogP contribution in [0.2, 0.25) is 0 Å². The fourth-order valence-corrected chi connectivity index (χ4v) is 2.20. The maximum Gasteiger partial charge on any atom is 0.0944 e. The molecule has 1 aromatic carbocycles. The van der Waals surface area contributed by atoms with E-state index in [0.29, 0.717) is 0 Å². The lowest BCUT2D eigenvalue weighted by Crippen LogP contribution is -1.89. The fourth-order valence-electron chi connectivity index (χ4n) is 2.20. The number of aromatic amines is 1. The number of aliphatic hydroxyl groups is 1. The first-order valence-corrected chi connectivity index (χ1v) is 4.64. The van der Waals surface area contributed by atoms with Gasteiger partial charge in [-0.25, -0.2) is 0 Å². The lowest BCUT2D eigenvalue weighted by Gasteiger charge is -1.97. The van der Waals surface area contributed by atoms with Crippen molar-refractivity contribution in [2.24, 2.45) is 0 Å². The molecule has 1 aliphatic rings. The van der Waals surface area contributed by atoms with E-state index in [1.54, 1.807) is 0 Å². The number of fused-ring (bicyclic) bond motifs is 3. The molecular formula is C11H11NO. The van der Waals surface area contributed by atoms with Crippen molar-refractivity contribution in [1.29, 1.82) is 0 Å². The van der Waals surface area contributed by atoms with Crippen LogP contribution in [0, 0.1) is 0 Å². The van der Waals surface area contributed by atoms with E-state index in [1.807, 2.05) is 12.1 Å². The van der Waals surface area contributed by atoms with Crippen LogP contribution in [0.25, 0.3) is 10.9 Å². The summed E-state index contributed by atoms with van der Waals surface area (Å²) in [5, 5.41) is 10.9. The van der Waals surface area contributed by atoms with Gasteiger partial charge >= 0.3 is 0 Å². The topological polar surface area (TPSA) is 36.0 Å². The number of aromatic nitrogens is 1. The van der Waals surface area contributed by atoms with E-state index in [9.17, 15) is 5.11 Å². The van der Waals surface area contributed by atoms with Gasteiger partial charge in [0.15, 0.2) is 0 Å². The van der Waals surface area contributed by atoms with Gasteiger partial charge in [0.1, 0.15) is 0 Å². The maximum absolute atomic E-state index is 9.65. The third-order valence-electron chi connectivity index (χ3n) is 2.85. The number of benzene rings is 1. The van der Waals surface area contributed by atoms with Crippen LogP contribution in [-0.4, -0.2) is 10.1 Å². The van der Waals surface area contributed by atoms with Gasteiger partial charge in [-0.05, 0) is 24.5 Å². The smallest absolute Gasteiger partial charge is 0.0944 e. The van der Waals surface area contributed by atoms with Crippen molar-refractivity contribution in [3.05, 3.63) is 35.5 Å². The Morgan fingerprint density at radius 1 is 1.31 bits per heavy atom. The molecule has 2 N–H and O–H groups in total. The number of rotatable bonds is 0. The number of para-hydroxylation sites is 1. The highest BCUT2D eigenvalue weighted by atomic mass is 16.3. The summed E-state index contributed by atoms with van der Waals surface area (Å²) in [4.78, 5) is 3.28. The molecule has 1 aromatic heterocycles. The molecule has 0 radical (unpaired) electrons. The number of aliphatic hydroxyl groups excluding tert-OH is 1. The molecule has 0 bridgehead atoms. The number of aryl methyl sites for hydroxylation is 1. The lowest BCUT2D eigenvalue weighted by atomic mass is 10.1. The number of nitrogens with one attached hydrogen (secondary N) is 1. The van der Waals surface area contributed by atoms with Crippen molar-refractivity contribution in [1.82, 2.24) is 4.98 Å². The molecule has 13 heavy (non-hydrogen) atoms. The summed E-state index contributed by atoms with van der Waals surface area (Å²) in [6.07, 6.45) is 1.59. The Kier molecular flexibility index (Phi) is 1.30. The molecule has 0 aliphatic heterocycles. The van der Waals surface area contributed by atoms with Crippen LogP contribution in [0.15, 0.2) is 24.3 Å². The van der Waals surface area contributed by atoms with Gasteiger partial charge in [-0.2, -0.15) is 0 Å². The van der Waals surface area contributed by atoms with Crippen molar-refractivity contribution in [2.75, 3.05) is 0 Å². The van der Waals surface area contributed by atoms with Gasteiger partial charge in [0.2, 0.25) is 0 Å². The van der Waals surface area contributed by atoms with Crippen molar-refractivity contribution in [3.63, 3.8) is 0 Å². The second-order valence-electron chi connectivity index (χ2n) is 3.62. The van der Waals surface area contributed by atoms with E-state index in [-0.39, 0.29) is 6.10 Å². The molecule has 3 rings (SSSR count).